The average Bonchev–Trinajstić information content (AvgIpc) is 2.62. The minimum Gasteiger partial charge on any atom is -0.422 e. The van der Waals surface area contributed by atoms with E-state index >= 15 is 0 Å². The highest BCUT2D eigenvalue weighted by Gasteiger charge is 2.16. The summed E-state index contributed by atoms with van der Waals surface area (Å²) < 4.78 is 7.89. The van der Waals surface area contributed by atoms with E-state index in [-0.39, 0.29) is 5.63 Å². The summed E-state index contributed by atoms with van der Waals surface area (Å²) in [5.74, 6) is 0. The van der Waals surface area contributed by atoms with Crippen molar-refractivity contribution < 1.29 is 4.42 Å². The van der Waals surface area contributed by atoms with Gasteiger partial charge >= 0.3 is 5.63 Å². The Morgan fingerprint density at radius 1 is 0.960 bits per heavy atom. The minimum absolute atomic E-state index is 0.330. The first-order chi connectivity index (χ1) is 12.1. The van der Waals surface area contributed by atoms with Crippen molar-refractivity contribution in [2.75, 3.05) is 31.1 Å². The Morgan fingerprint density at radius 2 is 1.68 bits per heavy atom. The molecule has 2 heterocycles. The van der Waals surface area contributed by atoms with E-state index in [1.165, 1.54) is 0 Å². The zero-order chi connectivity index (χ0) is 17.4. The van der Waals surface area contributed by atoms with Crippen LogP contribution in [-0.2, 0) is 0 Å². The predicted octanol–water partition coefficient (Wildman–Crippen LogP) is 4.59. The highest BCUT2D eigenvalue weighted by Crippen LogP contribution is 2.26. The van der Waals surface area contributed by atoms with Crippen LogP contribution in [0.5, 0.6) is 0 Å². The molecule has 0 saturated carbocycles. The van der Waals surface area contributed by atoms with Gasteiger partial charge in [-0.1, -0.05) is 23.7 Å². The van der Waals surface area contributed by atoms with E-state index in [0.29, 0.717) is 16.2 Å². The molecule has 128 valence electrons. The first kappa shape index (κ1) is 16.9. The first-order valence-corrected chi connectivity index (χ1v) is 9.44. The van der Waals surface area contributed by atoms with E-state index in [2.05, 4.69) is 36.9 Å². The van der Waals surface area contributed by atoms with Crippen LogP contribution in [0, 0.1) is 0 Å². The molecule has 0 N–H and O–H groups in total. The van der Waals surface area contributed by atoms with Crippen LogP contribution in [0.15, 0.2) is 57.7 Å². The maximum Gasteiger partial charge on any atom is 0.344 e. The highest BCUT2D eigenvalue weighted by atomic mass is 127. The lowest BCUT2D eigenvalue weighted by Crippen LogP contribution is -2.42. The number of benzene rings is 2. The fraction of sp³-hybridized carbons (Fsp3) is 0.211. The molecule has 0 aliphatic carbocycles. The summed E-state index contributed by atoms with van der Waals surface area (Å²) in [4.78, 5) is 14.7. The van der Waals surface area contributed by atoms with Crippen LogP contribution in [0.4, 0.5) is 5.69 Å². The average molecular weight is 467 g/mol. The summed E-state index contributed by atoms with van der Waals surface area (Å²) in [6.07, 6.45) is 0. The number of hydrogen-bond donors (Lipinski definition) is 0. The second kappa shape index (κ2) is 6.97. The van der Waals surface area contributed by atoms with Crippen molar-refractivity contribution in [3.63, 3.8) is 0 Å². The second-order valence-electron chi connectivity index (χ2n) is 6.07. The normalized spacial score (nSPS) is 15.7. The van der Waals surface area contributed by atoms with E-state index in [1.54, 1.807) is 12.1 Å². The van der Waals surface area contributed by atoms with Gasteiger partial charge in [0, 0.05) is 71.2 Å². The van der Waals surface area contributed by atoms with Crippen molar-refractivity contribution in [1.82, 2.24) is 3.11 Å². The molecule has 6 heteroatoms. The van der Waals surface area contributed by atoms with Crippen molar-refractivity contribution in [3.8, 4) is 11.1 Å². The van der Waals surface area contributed by atoms with Crippen molar-refractivity contribution in [1.29, 1.82) is 0 Å². The van der Waals surface area contributed by atoms with Gasteiger partial charge in [-0.2, -0.15) is 0 Å². The zero-order valence-corrected chi connectivity index (χ0v) is 16.3. The summed E-state index contributed by atoms with van der Waals surface area (Å²) >= 11 is 8.28. The number of fused-ring (bicyclic) bond motifs is 1. The summed E-state index contributed by atoms with van der Waals surface area (Å²) in [6.45, 7) is 4.00. The maximum atomic E-state index is 12.4. The fourth-order valence-electron chi connectivity index (χ4n) is 3.07. The Morgan fingerprint density at radius 3 is 2.40 bits per heavy atom. The predicted molar refractivity (Wildman–Crippen MR) is 111 cm³/mol. The van der Waals surface area contributed by atoms with E-state index in [1.807, 2.05) is 30.3 Å². The molecule has 3 aromatic rings. The van der Waals surface area contributed by atoms with Gasteiger partial charge in [-0.3, -0.25) is 0 Å². The molecule has 1 aliphatic rings. The van der Waals surface area contributed by atoms with Gasteiger partial charge in [0.25, 0.3) is 0 Å². The van der Waals surface area contributed by atoms with Gasteiger partial charge in [0.1, 0.15) is 5.58 Å². The van der Waals surface area contributed by atoms with Gasteiger partial charge < -0.3 is 9.32 Å². The highest BCUT2D eigenvalue weighted by molar-refractivity contribution is 14.1. The van der Waals surface area contributed by atoms with Crippen LogP contribution in [0.2, 0.25) is 5.02 Å². The smallest absolute Gasteiger partial charge is 0.344 e. The van der Waals surface area contributed by atoms with Crippen molar-refractivity contribution >= 4 is 51.1 Å². The molecule has 2 aromatic carbocycles. The molecule has 0 radical (unpaired) electrons. The molecule has 0 spiro atoms. The molecule has 1 fully saturated rings. The van der Waals surface area contributed by atoms with Gasteiger partial charge in [0.2, 0.25) is 0 Å². The lowest BCUT2D eigenvalue weighted by molar-refractivity contribution is 0.460. The van der Waals surface area contributed by atoms with Crippen LogP contribution in [0.25, 0.3) is 22.1 Å². The molecule has 0 bridgehead atoms. The Kier molecular flexibility index (Phi) is 4.71. The van der Waals surface area contributed by atoms with Gasteiger partial charge in [-0.05, 0) is 35.9 Å². The maximum absolute atomic E-state index is 12.4. The van der Waals surface area contributed by atoms with E-state index in [4.69, 9.17) is 16.0 Å². The fourth-order valence-corrected chi connectivity index (χ4v) is 3.63. The third kappa shape index (κ3) is 3.54. The third-order valence-electron chi connectivity index (χ3n) is 4.47. The number of anilines is 1. The number of halogens is 2. The molecule has 0 unspecified atom stereocenters. The number of nitrogens with zero attached hydrogens (tertiary/aromatic N) is 2. The number of rotatable bonds is 2. The molecule has 1 aromatic heterocycles. The number of piperazine rings is 1. The van der Waals surface area contributed by atoms with Crippen LogP contribution >= 0.6 is 34.5 Å². The summed E-state index contributed by atoms with van der Waals surface area (Å²) in [7, 11) is 0. The zero-order valence-electron chi connectivity index (χ0n) is 13.4. The first-order valence-electron chi connectivity index (χ1n) is 8.10. The lowest BCUT2D eigenvalue weighted by Gasteiger charge is -2.32. The lowest BCUT2D eigenvalue weighted by atomic mass is 10.1. The molecule has 0 atom stereocenters. The van der Waals surface area contributed by atoms with Crippen LogP contribution < -0.4 is 10.5 Å². The monoisotopic (exact) mass is 466 g/mol. The van der Waals surface area contributed by atoms with Gasteiger partial charge in [0.05, 0.1) is 5.56 Å². The topological polar surface area (TPSA) is 36.7 Å². The van der Waals surface area contributed by atoms with Gasteiger partial charge in [0.15, 0.2) is 0 Å². The summed E-state index contributed by atoms with van der Waals surface area (Å²) in [6, 6.07) is 15.2. The van der Waals surface area contributed by atoms with Crippen LogP contribution in [0.1, 0.15) is 0 Å². The molecule has 4 rings (SSSR count). The van der Waals surface area contributed by atoms with E-state index in [0.717, 1.165) is 42.8 Å². The van der Waals surface area contributed by atoms with Crippen molar-refractivity contribution in [3.05, 3.63) is 64.0 Å². The molecule has 25 heavy (non-hydrogen) atoms. The van der Waals surface area contributed by atoms with Crippen molar-refractivity contribution in [2.24, 2.45) is 0 Å². The Labute approximate surface area is 164 Å². The molecule has 4 nitrogen and oxygen atoms in total. The van der Waals surface area contributed by atoms with E-state index < -0.39 is 0 Å². The van der Waals surface area contributed by atoms with Crippen molar-refractivity contribution in [2.45, 2.75) is 0 Å². The Hall–Kier alpha value is -1.57. The number of hydrogen-bond acceptors (Lipinski definition) is 4. The minimum atomic E-state index is -0.330. The van der Waals surface area contributed by atoms with Crippen LogP contribution in [0.3, 0.4) is 0 Å². The molecule has 1 aliphatic heterocycles. The molecule has 1 saturated heterocycles. The summed E-state index contributed by atoms with van der Waals surface area (Å²) in [5.41, 5.74) is 2.75. The molecular weight excluding hydrogens is 451 g/mol. The third-order valence-corrected chi connectivity index (χ3v) is 5.68. The molecular formula is C19H16ClIN2O2. The van der Waals surface area contributed by atoms with Crippen LogP contribution in [-0.4, -0.2) is 29.3 Å². The van der Waals surface area contributed by atoms with Gasteiger partial charge in [-0.25, -0.2) is 7.91 Å². The quantitative estimate of drug-likeness (QED) is 0.315. The largest absolute Gasteiger partial charge is 0.422 e. The summed E-state index contributed by atoms with van der Waals surface area (Å²) in [5, 5.41) is 1.56. The standard InChI is InChI=1S/C19H16ClIN2O2/c20-15-4-1-13(2-5-15)17-11-14-3-6-16(12-18(14)25-19(17)24)22-7-9-23(21)10-8-22/h1-6,11-12H,7-10H2. The van der Waals surface area contributed by atoms with Gasteiger partial charge in [-0.15, -0.1) is 0 Å². The second-order valence-corrected chi connectivity index (χ2v) is 7.87. The van der Waals surface area contributed by atoms with E-state index in [9.17, 15) is 4.79 Å². The SMILES string of the molecule is O=c1oc2cc(N3CCN(I)CC3)ccc2cc1-c1ccc(Cl)cc1. The Balaban J connectivity index is 1.71. The Bertz CT molecular complexity index is 963. The molecule has 0 amide bonds.